The second-order valence-electron chi connectivity index (χ2n) is 6.27. The molecule has 1 aliphatic rings. The summed E-state index contributed by atoms with van der Waals surface area (Å²) in [6.45, 7) is 6.03. The Balaban J connectivity index is 0.00000242. The minimum Gasteiger partial charge on any atom is -0.327 e. The van der Waals surface area contributed by atoms with E-state index >= 15 is 0 Å². The summed E-state index contributed by atoms with van der Waals surface area (Å²) in [7, 11) is 0. The van der Waals surface area contributed by atoms with Crippen molar-refractivity contribution in [2.45, 2.75) is 26.3 Å². The second-order valence-corrected chi connectivity index (χ2v) is 7.18. The summed E-state index contributed by atoms with van der Waals surface area (Å²) in [5, 5.41) is 2.62. The second kappa shape index (κ2) is 7.73. The van der Waals surface area contributed by atoms with E-state index in [1.165, 1.54) is 6.07 Å². The van der Waals surface area contributed by atoms with E-state index in [4.69, 9.17) is 5.73 Å². The number of nitrogens with one attached hydrogen (secondary N) is 1. The van der Waals surface area contributed by atoms with Gasteiger partial charge in [-0.25, -0.2) is 4.39 Å². The van der Waals surface area contributed by atoms with Crippen molar-refractivity contribution in [1.82, 2.24) is 4.90 Å². The Labute approximate surface area is 145 Å². The SMILES string of the molecule is CC1(C)CN(CC(=O)Nc2ccc(Br)cc2F)CCC1N.Cl. The number of halogens is 3. The van der Waals surface area contributed by atoms with Gasteiger partial charge < -0.3 is 11.1 Å². The van der Waals surface area contributed by atoms with E-state index in [0.29, 0.717) is 4.47 Å². The van der Waals surface area contributed by atoms with Crippen molar-refractivity contribution in [2.24, 2.45) is 11.1 Å². The standard InChI is InChI=1S/C15H21BrFN3O.ClH/c1-15(2)9-20(6-5-13(15)18)8-14(21)19-12-4-3-10(16)7-11(12)17;/h3-4,7,13H,5-6,8-9,18H2,1-2H3,(H,19,21);1H. The predicted octanol–water partition coefficient (Wildman–Crippen LogP) is 3.01. The Morgan fingerprint density at radius 1 is 1.55 bits per heavy atom. The molecule has 4 nitrogen and oxygen atoms in total. The first-order valence-corrected chi connectivity index (χ1v) is 7.80. The molecule has 1 atom stereocenters. The average molecular weight is 395 g/mol. The molecule has 1 amide bonds. The van der Waals surface area contributed by atoms with E-state index < -0.39 is 5.82 Å². The quantitative estimate of drug-likeness (QED) is 0.828. The van der Waals surface area contributed by atoms with Gasteiger partial charge in [0.1, 0.15) is 5.82 Å². The number of anilines is 1. The summed E-state index contributed by atoms with van der Waals surface area (Å²) in [5.74, 6) is -0.652. The summed E-state index contributed by atoms with van der Waals surface area (Å²) in [6.07, 6.45) is 0.868. The summed E-state index contributed by atoms with van der Waals surface area (Å²) < 4.78 is 14.3. The molecule has 0 spiro atoms. The third-order valence-electron chi connectivity index (χ3n) is 3.96. The Hall–Kier alpha value is -0.690. The summed E-state index contributed by atoms with van der Waals surface area (Å²) >= 11 is 3.19. The third-order valence-corrected chi connectivity index (χ3v) is 4.46. The topological polar surface area (TPSA) is 58.4 Å². The summed E-state index contributed by atoms with van der Waals surface area (Å²) in [6, 6.07) is 4.73. The lowest BCUT2D eigenvalue weighted by Gasteiger charge is -2.42. The van der Waals surface area contributed by atoms with E-state index in [1.807, 2.05) is 0 Å². The van der Waals surface area contributed by atoms with Crippen molar-refractivity contribution in [3.8, 4) is 0 Å². The Morgan fingerprint density at radius 3 is 2.82 bits per heavy atom. The van der Waals surface area contributed by atoms with Crippen LogP contribution in [0.3, 0.4) is 0 Å². The highest BCUT2D eigenvalue weighted by Crippen LogP contribution is 2.27. The first-order chi connectivity index (χ1) is 9.78. The minimum absolute atomic E-state index is 0. The molecule has 1 heterocycles. The van der Waals surface area contributed by atoms with E-state index in [9.17, 15) is 9.18 Å². The molecule has 1 aromatic rings. The van der Waals surface area contributed by atoms with E-state index in [-0.39, 0.29) is 42.0 Å². The Bertz CT molecular complexity index is 542. The van der Waals surface area contributed by atoms with Gasteiger partial charge in [0.2, 0.25) is 5.91 Å². The number of piperidine rings is 1. The molecule has 2 rings (SSSR count). The van der Waals surface area contributed by atoms with Gasteiger partial charge in [0, 0.05) is 23.6 Å². The average Bonchev–Trinajstić information content (AvgIpc) is 2.37. The monoisotopic (exact) mass is 393 g/mol. The van der Waals surface area contributed by atoms with Gasteiger partial charge in [0.25, 0.3) is 0 Å². The Morgan fingerprint density at radius 2 is 2.23 bits per heavy atom. The van der Waals surface area contributed by atoms with Crippen molar-refractivity contribution in [3.05, 3.63) is 28.5 Å². The Kier molecular flexibility index (Phi) is 6.80. The lowest BCUT2D eigenvalue weighted by molar-refractivity contribution is -0.118. The molecule has 0 bridgehead atoms. The highest BCUT2D eigenvalue weighted by molar-refractivity contribution is 9.10. The molecule has 0 aliphatic carbocycles. The van der Waals surface area contributed by atoms with E-state index in [2.05, 4.69) is 40.0 Å². The maximum atomic E-state index is 13.7. The van der Waals surface area contributed by atoms with Crippen LogP contribution in [0.1, 0.15) is 20.3 Å². The number of carbonyl (C=O) groups is 1. The lowest BCUT2D eigenvalue weighted by Crippen LogP contribution is -2.53. The number of nitrogens with zero attached hydrogens (tertiary/aromatic N) is 1. The van der Waals surface area contributed by atoms with Crippen molar-refractivity contribution in [3.63, 3.8) is 0 Å². The molecule has 0 radical (unpaired) electrons. The molecule has 22 heavy (non-hydrogen) atoms. The highest BCUT2D eigenvalue weighted by atomic mass is 79.9. The zero-order valence-corrected chi connectivity index (χ0v) is 15.1. The fraction of sp³-hybridized carbons (Fsp3) is 0.533. The van der Waals surface area contributed by atoms with Crippen LogP contribution in [0.5, 0.6) is 0 Å². The van der Waals surface area contributed by atoms with Crippen LogP contribution in [-0.2, 0) is 4.79 Å². The molecule has 1 fully saturated rings. The van der Waals surface area contributed by atoms with E-state index in [1.54, 1.807) is 12.1 Å². The number of benzene rings is 1. The maximum Gasteiger partial charge on any atom is 0.238 e. The zero-order chi connectivity index (χ0) is 15.6. The summed E-state index contributed by atoms with van der Waals surface area (Å²) in [4.78, 5) is 14.1. The van der Waals surface area contributed by atoms with Crippen LogP contribution in [0.15, 0.2) is 22.7 Å². The molecule has 1 aromatic carbocycles. The fourth-order valence-corrected chi connectivity index (χ4v) is 2.94. The van der Waals surface area contributed by atoms with Gasteiger partial charge in [0.05, 0.1) is 12.2 Å². The first-order valence-electron chi connectivity index (χ1n) is 7.01. The van der Waals surface area contributed by atoms with Gasteiger partial charge >= 0.3 is 0 Å². The van der Waals surface area contributed by atoms with Crippen LogP contribution in [-0.4, -0.2) is 36.5 Å². The zero-order valence-electron chi connectivity index (χ0n) is 12.7. The van der Waals surface area contributed by atoms with Crippen LogP contribution in [0, 0.1) is 11.2 Å². The largest absolute Gasteiger partial charge is 0.327 e. The van der Waals surface area contributed by atoms with Crippen molar-refractivity contribution < 1.29 is 9.18 Å². The van der Waals surface area contributed by atoms with Gasteiger partial charge in [-0.05, 0) is 30.0 Å². The molecular formula is C15H22BrClFN3O. The molecule has 0 aromatic heterocycles. The molecule has 1 saturated heterocycles. The van der Waals surface area contributed by atoms with Crippen molar-refractivity contribution in [1.29, 1.82) is 0 Å². The maximum absolute atomic E-state index is 13.7. The predicted molar refractivity (Wildman–Crippen MR) is 92.8 cm³/mol. The van der Waals surface area contributed by atoms with Gasteiger partial charge in [-0.3, -0.25) is 9.69 Å². The molecule has 3 N–H and O–H groups in total. The number of rotatable bonds is 3. The van der Waals surface area contributed by atoms with Gasteiger partial charge in [-0.1, -0.05) is 29.8 Å². The number of likely N-dealkylation sites (tertiary alicyclic amines) is 1. The van der Waals surface area contributed by atoms with Crippen LogP contribution in [0.25, 0.3) is 0 Å². The van der Waals surface area contributed by atoms with Crippen molar-refractivity contribution in [2.75, 3.05) is 25.0 Å². The van der Waals surface area contributed by atoms with Gasteiger partial charge in [-0.2, -0.15) is 0 Å². The number of hydrogen-bond donors (Lipinski definition) is 2. The molecule has 7 heteroatoms. The van der Waals surface area contributed by atoms with Crippen molar-refractivity contribution >= 4 is 39.9 Å². The van der Waals surface area contributed by atoms with Gasteiger partial charge in [0.15, 0.2) is 0 Å². The van der Waals surface area contributed by atoms with Crippen LogP contribution < -0.4 is 11.1 Å². The smallest absolute Gasteiger partial charge is 0.238 e. The highest BCUT2D eigenvalue weighted by Gasteiger charge is 2.33. The first kappa shape index (κ1) is 19.4. The number of nitrogens with two attached hydrogens (primary N) is 1. The van der Waals surface area contributed by atoms with Crippen LogP contribution in [0.4, 0.5) is 10.1 Å². The third kappa shape index (κ3) is 4.91. The summed E-state index contributed by atoms with van der Waals surface area (Å²) in [5.41, 5.74) is 6.27. The van der Waals surface area contributed by atoms with Gasteiger partial charge in [-0.15, -0.1) is 12.4 Å². The van der Waals surface area contributed by atoms with Crippen LogP contribution in [0.2, 0.25) is 0 Å². The molecular weight excluding hydrogens is 373 g/mol. The molecule has 1 aliphatic heterocycles. The normalized spacial score (nSPS) is 21.0. The molecule has 0 saturated carbocycles. The fourth-order valence-electron chi connectivity index (χ4n) is 2.60. The number of carbonyl (C=O) groups excluding carboxylic acids is 1. The molecule has 1 unspecified atom stereocenters. The van der Waals surface area contributed by atoms with Crippen LogP contribution >= 0.6 is 28.3 Å². The number of amides is 1. The minimum atomic E-state index is -0.446. The lowest BCUT2D eigenvalue weighted by atomic mass is 9.80. The number of hydrogen-bond acceptors (Lipinski definition) is 3. The molecule has 124 valence electrons. The van der Waals surface area contributed by atoms with E-state index in [0.717, 1.165) is 19.5 Å².